The molecule has 0 unspecified atom stereocenters. The summed E-state index contributed by atoms with van der Waals surface area (Å²) in [7, 11) is -2.95. The van der Waals surface area contributed by atoms with E-state index in [-0.39, 0.29) is 0 Å². The van der Waals surface area contributed by atoms with E-state index in [1.54, 1.807) is 0 Å². The second-order valence-electron chi connectivity index (χ2n) is 3.81. The summed E-state index contributed by atoms with van der Waals surface area (Å²) in [6, 6.07) is 8.45. The van der Waals surface area contributed by atoms with Gasteiger partial charge in [0.15, 0.2) is 6.54 Å². The molecule has 0 radical (unpaired) electrons. The van der Waals surface area contributed by atoms with Crippen LogP contribution < -0.4 is 23.6 Å². The SMILES string of the molecule is Cc1ccc(N2CC[N+](C)=N2)cc1.[O-][Cl+3]([O-])([O-])[O-]. The van der Waals surface area contributed by atoms with Crippen molar-refractivity contribution in [2.75, 3.05) is 25.1 Å². The Balaban J connectivity index is 0.000000280. The largest absolute Gasteiger partial charge is 0.222 e. The topological polar surface area (TPSA) is 111 Å². The first-order valence-corrected chi connectivity index (χ1v) is 6.38. The van der Waals surface area contributed by atoms with E-state index in [1.165, 1.54) is 11.3 Å². The number of anilines is 1. The maximum Gasteiger partial charge on any atom is 0.153 e. The molecule has 0 fully saturated rings. The fraction of sp³-hybridized carbons (Fsp3) is 0.400. The van der Waals surface area contributed by atoms with Gasteiger partial charge in [-0.05, 0) is 19.1 Å². The molecule has 1 aliphatic heterocycles. The predicted molar refractivity (Wildman–Crippen MR) is 52.0 cm³/mol. The molecule has 1 aromatic carbocycles. The summed E-state index contributed by atoms with van der Waals surface area (Å²) in [5.41, 5.74) is 2.46. The molecular formula is C10H14ClN3O4. The van der Waals surface area contributed by atoms with Gasteiger partial charge in [0.05, 0.1) is 12.3 Å². The number of hydrogen-bond acceptors (Lipinski definition) is 6. The van der Waals surface area contributed by atoms with Gasteiger partial charge in [-0.3, -0.25) is 0 Å². The molecule has 0 N–H and O–H groups in total. The molecule has 0 saturated heterocycles. The molecule has 100 valence electrons. The van der Waals surface area contributed by atoms with Crippen LogP contribution in [-0.2, 0) is 0 Å². The normalized spacial score (nSPS) is 15.0. The summed E-state index contributed by atoms with van der Waals surface area (Å²) in [5.74, 6) is 0. The van der Waals surface area contributed by atoms with Crippen LogP contribution in [0.1, 0.15) is 5.56 Å². The maximum atomic E-state index is 8.49. The number of halogens is 1. The van der Waals surface area contributed by atoms with Crippen LogP contribution in [0.5, 0.6) is 0 Å². The molecule has 0 amide bonds. The first-order chi connectivity index (χ1) is 8.25. The van der Waals surface area contributed by atoms with Gasteiger partial charge in [0.1, 0.15) is 12.2 Å². The Hall–Kier alpha value is -1.25. The van der Waals surface area contributed by atoms with Crippen molar-refractivity contribution in [1.82, 2.24) is 0 Å². The third-order valence-electron chi connectivity index (χ3n) is 2.23. The minimum atomic E-state index is -4.94. The van der Waals surface area contributed by atoms with E-state index in [1.807, 2.05) is 16.8 Å². The lowest BCUT2D eigenvalue weighted by atomic mass is 10.2. The van der Waals surface area contributed by atoms with Gasteiger partial charge in [0, 0.05) is 0 Å². The lowest BCUT2D eigenvalue weighted by Crippen LogP contribution is -2.68. The summed E-state index contributed by atoms with van der Waals surface area (Å²) in [4.78, 5) is 0. The van der Waals surface area contributed by atoms with Crippen molar-refractivity contribution in [3.63, 3.8) is 0 Å². The van der Waals surface area contributed by atoms with E-state index in [0.717, 1.165) is 13.1 Å². The van der Waals surface area contributed by atoms with Crippen LogP contribution in [0.3, 0.4) is 0 Å². The van der Waals surface area contributed by atoms with Crippen LogP contribution in [0, 0.1) is 17.2 Å². The van der Waals surface area contributed by atoms with Gasteiger partial charge >= 0.3 is 0 Å². The summed E-state index contributed by atoms with van der Waals surface area (Å²) < 4.78 is 35.9. The van der Waals surface area contributed by atoms with E-state index >= 15 is 0 Å². The number of nitrogens with zero attached hydrogens (tertiary/aromatic N) is 3. The maximum absolute atomic E-state index is 8.49. The number of benzene rings is 1. The first kappa shape index (κ1) is 14.8. The molecule has 1 heterocycles. The Morgan fingerprint density at radius 1 is 1.17 bits per heavy atom. The highest BCUT2D eigenvalue weighted by Gasteiger charge is 2.20. The van der Waals surface area contributed by atoms with Crippen molar-refractivity contribution in [1.29, 1.82) is 0 Å². The molecule has 8 heteroatoms. The number of hydrogen-bond donors (Lipinski definition) is 0. The van der Waals surface area contributed by atoms with Gasteiger partial charge in [0.25, 0.3) is 0 Å². The molecule has 0 aromatic heterocycles. The van der Waals surface area contributed by atoms with Crippen molar-refractivity contribution in [2.45, 2.75) is 6.92 Å². The molecule has 0 aliphatic carbocycles. The average molecular weight is 276 g/mol. The Morgan fingerprint density at radius 2 is 1.67 bits per heavy atom. The van der Waals surface area contributed by atoms with E-state index in [2.05, 4.69) is 36.4 Å². The third kappa shape index (κ3) is 5.89. The van der Waals surface area contributed by atoms with Crippen LogP contribution in [-0.4, -0.2) is 24.8 Å². The second kappa shape index (κ2) is 6.07. The minimum absolute atomic E-state index is 0.986. The molecule has 0 atom stereocenters. The minimum Gasteiger partial charge on any atom is -0.222 e. The van der Waals surface area contributed by atoms with Gasteiger partial charge in [-0.15, -0.1) is 15.3 Å². The van der Waals surface area contributed by atoms with Gasteiger partial charge in [0.2, 0.25) is 0 Å². The first-order valence-electron chi connectivity index (χ1n) is 5.14. The van der Waals surface area contributed by atoms with Crippen molar-refractivity contribution >= 4 is 5.69 Å². The quantitative estimate of drug-likeness (QED) is 0.510. The van der Waals surface area contributed by atoms with E-state index in [9.17, 15) is 0 Å². The zero-order valence-electron chi connectivity index (χ0n) is 10.1. The van der Waals surface area contributed by atoms with Gasteiger partial charge in [-0.1, -0.05) is 17.7 Å². The monoisotopic (exact) mass is 275 g/mol. The van der Waals surface area contributed by atoms with E-state index in [4.69, 9.17) is 18.6 Å². The van der Waals surface area contributed by atoms with E-state index in [0.29, 0.717) is 0 Å². The fourth-order valence-corrected chi connectivity index (χ4v) is 1.41. The smallest absolute Gasteiger partial charge is 0.153 e. The highest BCUT2D eigenvalue weighted by molar-refractivity contribution is 5.46. The zero-order valence-corrected chi connectivity index (χ0v) is 10.8. The molecule has 0 saturated carbocycles. The zero-order chi connectivity index (χ0) is 13.8. The Morgan fingerprint density at radius 3 is 2.06 bits per heavy atom. The standard InChI is InChI=1S/C10H14N3.ClHO4/c1-9-3-5-10(6-4-9)13-8-7-12(2)11-13;2-1(3,4)5/h3-6H,7-8H2,1-2H3;(H,2,3,4,5)/q+1;/p-1. The lowest BCUT2D eigenvalue weighted by molar-refractivity contribution is -2.00. The van der Waals surface area contributed by atoms with E-state index < -0.39 is 10.2 Å². The number of rotatable bonds is 1. The average Bonchev–Trinajstić information content (AvgIpc) is 2.63. The lowest BCUT2D eigenvalue weighted by Gasteiger charge is -2.17. The molecular weight excluding hydrogens is 262 g/mol. The highest BCUT2D eigenvalue weighted by atomic mass is 35.7. The van der Waals surface area contributed by atoms with Crippen molar-refractivity contribution in [2.24, 2.45) is 5.22 Å². The predicted octanol–water partition coefficient (Wildman–Crippen LogP) is -2.93. The summed E-state index contributed by atoms with van der Waals surface area (Å²) >= 11 is 0. The van der Waals surface area contributed by atoms with Crippen molar-refractivity contribution in [3.05, 3.63) is 29.8 Å². The summed E-state index contributed by atoms with van der Waals surface area (Å²) in [6.07, 6.45) is 0. The van der Waals surface area contributed by atoms with Crippen LogP contribution in [0.15, 0.2) is 29.5 Å². The number of likely N-dealkylation sites (N-methyl/N-ethyl adjacent to an activating group) is 1. The molecule has 0 spiro atoms. The molecule has 18 heavy (non-hydrogen) atoms. The summed E-state index contributed by atoms with van der Waals surface area (Å²) in [6.45, 7) is 4.09. The van der Waals surface area contributed by atoms with Gasteiger partial charge < -0.3 is 0 Å². The van der Waals surface area contributed by atoms with Gasteiger partial charge in [-0.2, -0.15) is 4.70 Å². The molecule has 1 aromatic rings. The highest BCUT2D eigenvalue weighted by Crippen LogP contribution is 2.17. The molecule has 7 nitrogen and oxygen atoms in total. The number of aryl methyl sites for hydroxylation is 1. The van der Waals surface area contributed by atoms with Crippen LogP contribution in [0.25, 0.3) is 0 Å². The molecule has 0 bridgehead atoms. The Kier molecular flexibility index (Phi) is 5.00. The molecule has 1 aliphatic rings. The Labute approximate surface area is 107 Å². The Bertz CT molecular complexity index is 410. The fourth-order valence-electron chi connectivity index (χ4n) is 1.41. The van der Waals surface area contributed by atoms with Crippen molar-refractivity contribution < 1.29 is 33.6 Å². The third-order valence-corrected chi connectivity index (χ3v) is 2.23. The second-order valence-corrected chi connectivity index (χ2v) is 4.56. The van der Waals surface area contributed by atoms with Crippen LogP contribution >= 0.6 is 0 Å². The summed E-state index contributed by atoms with van der Waals surface area (Å²) in [5, 5.41) is 6.38. The van der Waals surface area contributed by atoms with Gasteiger partial charge in [-0.25, -0.2) is 18.6 Å². The molecule has 2 rings (SSSR count). The van der Waals surface area contributed by atoms with Crippen LogP contribution in [0.4, 0.5) is 5.69 Å². The van der Waals surface area contributed by atoms with Crippen LogP contribution in [0.2, 0.25) is 0 Å². The van der Waals surface area contributed by atoms with Crippen molar-refractivity contribution in [3.8, 4) is 0 Å².